The monoisotopic (exact) mass is 273 g/mol. The largest absolute Gasteiger partial charge is 0.394 e. The smallest absolute Gasteiger partial charge is 0.150 e. The average molecular weight is 273 g/mol. The van der Waals surface area contributed by atoms with Crippen LogP contribution in [0.5, 0.6) is 0 Å². The molecule has 0 amide bonds. The number of anilines is 1. The molecule has 18 heavy (non-hydrogen) atoms. The van der Waals surface area contributed by atoms with E-state index in [9.17, 15) is 17.9 Å². The van der Waals surface area contributed by atoms with E-state index < -0.39 is 15.4 Å². The van der Waals surface area contributed by atoms with Crippen LogP contribution in [0.2, 0.25) is 0 Å². The molecule has 0 radical (unpaired) electrons. The number of nitrogens with one attached hydrogen (secondary N) is 1. The van der Waals surface area contributed by atoms with Gasteiger partial charge in [-0.3, -0.25) is 0 Å². The van der Waals surface area contributed by atoms with Crippen LogP contribution in [0.25, 0.3) is 0 Å². The second-order valence-electron chi connectivity index (χ2n) is 4.72. The van der Waals surface area contributed by atoms with Crippen molar-refractivity contribution in [3.05, 3.63) is 30.1 Å². The summed E-state index contributed by atoms with van der Waals surface area (Å²) in [4.78, 5) is 0. The van der Waals surface area contributed by atoms with E-state index in [4.69, 9.17) is 0 Å². The summed E-state index contributed by atoms with van der Waals surface area (Å²) < 4.78 is 35.6. The van der Waals surface area contributed by atoms with Gasteiger partial charge in [0.05, 0.1) is 23.7 Å². The summed E-state index contributed by atoms with van der Waals surface area (Å²) in [5.41, 5.74) is 0.0631. The Bertz CT molecular complexity index is 499. The van der Waals surface area contributed by atoms with Gasteiger partial charge in [-0.25, -0.2) is 12.8 Å². The number of sulfone groups is 1. The molecule has 0 atom stereocenters. The highest BCUT2D eigenvalue weighted by Gasteiger charge is 2.36. The maximum atomic E-state index is 12.8. The molecule has 0 bridgehead atoms. The lowest BCUT2D eigenvalue weighted by atomic mass is 9.93. The van der Waals surface area contributed by atoms with Gasteiger partial charge < -0.3 is 10.4 Å². The van der Waals surface area contributed by atoms with Crippen molar-refractivity contribution in [2.75, 3.05) is 23.4 Å². The maximum absolute atomic E-state index is 12.8. The molecule has 2 rings (SSSR count). The summed E-state index contributed by atoms with van der Waals surface area (Å²) >= 11 is 0. The van der Waals surface area contributed by atoms with Gasteiger partial charge in [0, 0.05) is 5.69 Å². The molecule has 0 aliphatic carbocycles. The minimum Gasteiger partial charge on any atom is -0.394 e. The summed E-state index contributed by atoms with van der Waals surface area (Å²) in [6.45, 7) is -0.139. The van der Waals surface area contributed by atoms with Crippen molar-refractivity contribution in [1.29, 1.82) is 0 Å². The first-order valence-electron chi connectivity index (χ1n) is 5.80. The molecule has 2 N–H and O–H groups in total. The number of aliphatic hydroxyl groups excluding tert-OH is 1. The predicted molar refractivity (Wildman–Crippen MR) is 67.7 cm³/mol. The lowest BCUT2D eigenvalue weighted by molar-refractivity contribution is 0.200. The zero-order chi connectivity index (χ0) is 13.2. The van der Waals surface area contributed by atoms with E-state index in [1.165, 1.54) is 12.1 Å². The highest BCUT2D eigenvalue weighted by molar-refractivity contribution is 7.91. The molecule has 1 aromatic carbocycles. The van der Waals surface area contributed by atoms with Crippen molar-refractivity contribution >= 4 is 15.5 Å². The Hall–Kier alpha value is -1.14. The van der Waals surface area contributed by atoms with E-state index in [-0.39, 0.29) is 23.9 Å². The molecule has 1 saturated heterocycles. The number of rotatable bonds is 3. The van der Waals surface area contributed by atoms with Crippen LogP contribution in [-0.4, -0.2) is 37.2 Å². The number of aliphatic hydroxyl groups is 1. The minimum atomic E-state index is -2.97. The van der Waals surface area contributed by atoms with E-state index in [1.807, 2.05) is 0 Å². The number of benzene rings is 1. The molecular formula is C12H16FNO3S. The molecular weight excluding hydrogens is 257 g/mol. The molecule has 0 spiro atoms. The van der Waals surface area contributed by atoms with Crippen molar-refractivity contribution in [3.8, 4) is 0 Å². The van der Waals surface area contributed by atoms with Gasteiger partial charge in [0.2, 0.25) is 0 Å². The van der Waals surface area contributed by atoms with Gasteiger partial charge in [-0.05, 0) is 37.1 Å². The summed E-state index contributed by atoms with van der Waals surface area (Å²) in [5.74, 6) is -0.186. The Balaban J connectivity index is 2.12. The Morgan fingerprint density at radius 3 is 2.28 bits per heavy atom. The van der Waals surface area contributed by atoms with Gasteiger partial charge in [-0.15, -0.1) is 0 Å². The third-order valence-electron chi connectivity index (χ3n) is 3.34. The highest BCUT2D eigenvalue weighted by Crippen LogP contribution is 2.27. The fraction of sp³-hybridized carbons (Fsp3) is 0.500. The molecule has 100 valence electrons. The topological polar surface area (TPSA) is 66.4 Å². The fourth-order valence-corrected chi connectivity index (χ4v) is 3.70. The van der Waals surface area contributed by atoms with E-state index in [2.05, 4.69) is 5.32 Å². The quantitative estimate of drug-likeness (QED) is 0.868. The Morgan fingerprint density at radius 2 is 1.78 bits per heavy atom. The maximum Gasteiger partial charge on any atom is 0.150 e. The normalized spacial score (nSPS) is 21.4. The number of hydrogen-bond donors (Lipinski definition) is 2. The summed E-state index contributed by atoms with van der Waals surface area (Å²) in [6.07, 6.45) is 0.729. The molecule has 0 aromatic heterocycles. The van der Waals surface area contributed by atoms with E-state index in [0.29, 0.717) is 18.5 Å². The van der Waals surface area contributed by atoms with Gasteiger partial charge in [0.25, 0.3) is 0 Å². The van der Waals surface area contributed by atoms with Crippen molar-refractivity contribution in [1.82, 2.24) is 0 Å². The summed E-state index contributed by atoms with van der Waals surface area (Å²) in [5, 5.41) is 12.6. The number of halogens is 1. The fourth-order valence-electron chi connectivity index (χ4n) is 2.09. The van der Waals surface area contributed by atoms with Crippen LogP contribution < -0.4 is 5.32 Å². The third kappa shape index (κ3) is 3.00. The predicted octanol–water partition coefficient (Wildman–Crippen LogP) is 1.18. The van der Waals surface area contributed by atoms with Crippen molar-refractivity contribution in [2.45, 2.75) is 18.4 Å². The molecule has 1 aromatic rings. The highest BCUT2D eigenvalue weighted by atomic mass is 32.2. The third-order valence-corrected chi connectivity index (χ3v) is 4.99. The zero-order valence-corrected chi connectivity index (χ0v) is 10.7. The Labute approximate surface area is 106 Å². The average Bonchev–Trinajstić information content (AvgIpc) is 2.35. The van der Waals surface area contributed by atoms with Gasteiger partial charge in [0.1, 0.15) is 5.82 Å². The van der Waals surface area contributed by atoms with Crippen LogP contribution in [0.4, 0.5) is 10.1 Å². The molecule has 1 fully saturated rings. The summed E-state index contributed by atoms with van der Waals surface area (Å²) in [7, 11) is -2.97. The van der Waals surface area contributed by atoms with Gasteiger partial charge in [-0.1, -0.05) is 0 Å². The first-order valence-corrected chi connectivity index (χ1v) is 7.62. The molecule has 0 saturated carbocycles. The Morgan fingerprint density at radius 1 is 1.22 bits per heavy atom. The van der Waals surface area contributed by atoms with Crippen LogP contribution >= 0.6 is 0 Å². The van der Waals surface area contributed by atoms with Crippen molar-refractivity contribution in [3.63, 3.8) is 0 Å². The molecule has 6 heteroatoms. The first kappa shape index (κ1) is 13.3. The molecule has 1 aliphatic heterocycles. The molecule has 1 aliphatic rings. The van der Waals surface area contributed by atoms with Crippen molar-refractivity contribution in [2.24, 2.45) is 0 Å². The van der Waals surface area contributed by atoms with Crippen LogP contribution in [0, 0.1) is 5.82 Å². The molecule has 4 nitrogen and oxygen atoms in total. The van der Waals surface area contributed by atoms with Crippen LogP contribution in [0.3, 0.4) is 0 Å². The van der Waals surface area contributed by atoms with E-state index >= 15 is 0 Å². The lowest BCUT2D eigenvalue weighted by Crippen LogP contribution is -2.48. The van der Waals surface area contributed by atoms with Crippen molar-refractivity contribution < 1.29 is 17.9 Å². The SMILES string of the molecule is O=S1(=O)CCC(CO)(Nc2ccc(F)cc2)CC1. The minimum absolute atomic E-state index is 0.0712. The van der Waals surface area contributed by atoms with Crippen LogP contribution in [0.1, 0.15) is 12.8 Å². The van der Waals surface area contributed by atoms with Crippen LogP contribution in [0.15, 0.2) is 24.3 Å². The Kier molecular flexibility index (Phi) is 3.59. The van der Waals surface area contributed by atoms with E-state index in [1.54, 1.807) is 12.1 Å². The second kappa shape index (κ2) is 4.85. The number of hydrogen-bond acceptors (Lipinski definition) is 4. The second-order valence-corrected chi connectivity index (χ2v) is 7.03. The van der Waals surface area contributed by atoms with Crippen LogP contribution in [-0.2, 0) is 9.84 Å². The van der Waals surface area contributed by atoms with E-state index in [0.717, 1.165) is 0 Å². The molecule has 1 heterocycles. The lowest BCUT2D eigenvalue weighted by Gasteiger charge is -2.37. The molecule has 0 unspecified atom stereocenters. The van der Waals surface area contributed by atoms with Gasteiger partial charge >= 0.3 is 0 Å². The standard InChI is InChI=1S/C12H16FNO3S/c13-10-1-3-11(4-2-10)14-12(9-15)5-7-18(16,17)8-6-12/h1-4,14-15H,5-9H2. The zero-order valence-electron chi connectivity index (χ0n) is 9.89. The summed E-state index contributed by atoms with van der Waals surface area (Å²) in [6, 6.07) is 5.81. The van der Waals surface area contributed by atoms with Gasteiger partial charge in [0.15, 0.2) is 9.84 Å². The van der Waals surface area contributed by atoms with Gasteiger partial charge in [-0.2, -0.15) is 0 Å². The first-order chi connectivity index (χ1) is 8.45.